The topological polar surface area (TPSA) is 46.5 Å². The molecule has 0 spiro atoms. The largest absolute Gasteiger partial charge is 0.477 e. The summed E-state index contributed by atoms with van der Waals surface area (Å²) in [7, 11) is 0. The monoisotopic (exact) mass is 662 g/mol. The molecule has 0 amide bonds. The van der Waals surface area contributed by atoms with Gasteiger partial charge >= 0.3 is 77.9 Å². The molecule has 0 atom stereocenters. The van der Waals surface area contributed by atoms with Crippen LogP contribution in [-0.4, -0.2) is 83.0 Å². The summed E-state index contributed by atoms with van der Waals surface area (Å²) >= 11 is 0. The fraction of sp³-hybridized carbons (Fsp3) is 0.923. The molecule has 0 aromatic carbocycles. The van der Waals surface area contributed by atoms with Gasteiger partial charge in [-0.2, -0.15) is 96.6 Å². The maximum atomic E-state index is 13.4. The van der Waals surface area contributed by atoms with Crippen LogP contribution in [0, 0.1) is 0 Å². The molecule has 3 nitrogen and oxygen atoms in total. The van der Waals surface area contributed by atoms with Crippen molar-refractivity contribution in [3.63, 3.8) is 0 Å². The van der Waals surface area contributed by atoms with Crippen molar-refractivity contribution in [1.82, 2.24) is 0 Å². The number of halogens is 24. The highest BCUT2D eigenvalue weighted by Gasteiger charge is 2.94. The molecule has 0 fully saturated rings. The number of hydrogen-bond donors (Lipinski definition) is 1. The number of carbonyl (C=O) groups is 1. The van der Waals surface area contributed by atoms with E-state index in [1.165, 1.54) is 0 Å². The van der Waals surface area contributed by atoms with Crippen LogP contribution in [0.5, 0.6) is 0 Å². The Labute approximate surface area is 199 Å². The number of carboxylic acid groups (broad SMARTS) is 1. The SMILES string of the molecule is O=C(O)C(F)(F)C(F)(F)C(F)(F)C(F)(F)C(F)(F)OC(F)(F)C(F)(F)C(F)(F)C(F)(F)C(F)(F)C(F)(F)C(F)F. The Morgan fingerprint density at radius 3 is 0.950 bits per heavy atom. The molecule has 0 heterocycles. The molecular formula is C13H2F24O3. The van der Waals surface area contributed by atoms with Crippen LogP contribution in [0.25, 0.3) is 0 Å². The van der Waals surface area contributed by atoms with Gasteiger partial charge in [0.2, 0.25) is 0 Å². The third-order valence-electron chi connectivity index (χ3n) is 4.31. The molecule has 27 heteroatoms. The Morgan fingerprint density at radius 2 is 0.700 bits per heavy atom. The van der Waals surface area contributed by atoms with Crippen molar-refractivity contribution in [2.24, 2.45) is 0 Å². The zero-order chi connectivity index (χ0) is 33.4. The second-order valence-electron chi connectivity index (χ2n) is 6.96. The van der Waals surface area contributed by atoms with E-state index < -0.39 is 77.9 Å². The van der Waals surface area contributed by atoms with E-state index in [0.29, 0.717) is 0 Å². The van der Waals surface area contributed by atoms with E-state index in [9.17, 15) is 110 Å². The summed E-state index contributed by atoms with van der Waals surface area (Å²) in [6.45, 7) is 0. The number of rotatable bonds is 13. The number of aliphatic carboxylic acids is 1. The van der Waals surface area contributed by atoms with Crippen LogP contribution in [0.3, 0.4) is 0 Å². The molecule has 0 radical (unpaired) electrons. The van der Waals surface area contributed by atoms with Gasteiger partial charge < -0.3 is 5.11 Å². The summed E-state index contributed by atoms with van der Waals surface area (Å²) in [5.41, 5.74) is 0. The summed E-state index contributed by atoms with van der Waals surface area (Å²) in [4.78, 5) is 9.89. The standard InChI is InChI=1S/C13H2F24O3/c14-1(15)3(16,17)5(20,21)7(24,25)9(28,29)11(32,33)13(36,37)40-12(34,35)10(30,31)8(26,27)6(22,23)4(18,19)2(38)39/h1H,(H,38,39). The predicted molar refractivity (Wildman–Crippen MR) is 69.1 cm³/mol. The van der Waals surface area contributed by atoms with Gasteiger partial charge in [0.25, 0.3) is 0 Å². The quantitative estimate of drug-likeness (QED) is 0.212. The molecule has 0 bridgehead atoms. The molecule has 0 unspecified atom stereocenters. The van der Waals surface area contributed by atoms with Gasteiger partial charge in [0.1, 0.15) is 0 Å². The normalized spacial score (nSPS) is 16.5. The molecular weight excluding hydrogens is 660 g/mol. The minimum atomic E-state index is -9.13. The van der Waals surface area contributed by atoms with Crippen LogP contribution < -0.4 is 0 Å². The van der Waals surface area contributed by atoms with Crippen molar-refractivity contribution in [1.29, 1.82) is 0 Å². The van der Waals surface area contributed by atoms with E-state index >= 15 is 0 Å². The minimum absolute atomic E-state index is 0.771. The average molecular weight is 662 g/mol. The van der Waals surface area contributed by atoms with Crippen molar-refractivity contribution >= 4 is 5.97 Å². The van der Waals surface area contributed by atoms with Gasteiger partial charge in [0.15, 0.2) is 0 Å². The predicted octanol–water partition coefficient (Wildman–Crippen LogP) is 7.26. The first-order valence-corrected chi connectivity index (χ1v) is 8.22. The van der Waals surface area contributed by atoms with Gasteiger partial charge in [0, 0.05) is 0 Å². The molecule has 0 rings (SSSR count). The van der Waals surface area contributed by atoms with Crippen molar-refractivity contribution in [3.05, 3.63) is 0 Å². The highest BCUT2D eigenvalue weighted by atomic mass is 19.4. The minimum Gasteiger partial charge on any atom is -0.477 e. The summed E-state index contributed by atoms with van der Waals surface area (Å²) in [6, 6.07) is 0. The van der Waals surface area contributed by atoms with Gasteiger partial charge in [0.05, 0.1) is 0 Å². The lowest BCUT2D eigenvalue weighted by atomic mass is 9.93. The lowest BCUT2D eigenvalue weighted by molar-refractivity contribution is -0.524. The summed E-state index contributed by atoms with van der Waals surface area (Å²) < 4.78 is 313. The van der Waals surface area contributed by atoms with E-state index in [0.717, 1.165) is 4.74 Å². The first-order valence-electron chi connectivity index (χ1n) is 8.22. The Bertz CT molecular complexity index is 950. The molecule has 0 aromatic heterocycles. The molecule has 0 aliphatic heterocycles. The molecule has 1 N–H and O–H groups in total. The van der Waals surface area contributed by atoms with Gasteiger partial charge in [-0.15, -0.1) is 0 Å². The van der Waals surface area contributed by atoms with E-state index in [4.69, 9.17) is 5.11 Å². The van der Waals surface area contributed by atoms with E-state index in [2.05, 4.69) is 0 Å². The molecule has 0 aliphatic rings. The van der Waals surface area contributed by atoms with Crippen LogP contribution in [0.15, 0.2) is 0 Å². The molecule has 0 aromatic rings. The lowest BCUT2D eigenvalue weighted by Gasteiger charge is -2.42. The summed E-state index contributed by atoms with van der Waals surface area (Å²) in [6.07, 6.45) is -23.8. The zero-order valence-corrected chi connectivity index (χ0v) is 16.9. The first-order chi connectivity index (χ1) is 16.8. The van der Waals surface area contributed by atoms with E-state index in [1.54, 1.807) is 0 Å². The number of alkyl halides is 24. The Kier molecular flexibility index (Phi) is 8.86. The smallest absolute Gasteiger partial charge is 0.430 e. The second kappa shape index (κ2) is 9.38. The molecule has 0 aliphatic carbocycles. The van der Waals surface area contributed by atoms with E-state index in [-0.39, 0.29) is 0 Å². The van der Waals surface area contributed by atoms with Crippen LogP contribution >= 0.6 is 0 Å². The second-order valence-corrected chi connectivity index (χ2v) is 6.96. The van der Waals surface area contributed by atoms with Crippen molar-refractivity contribution < 1.29 is 120 Å². The lowest BCUT2D eigenvalue weighted by Crippen LogP contribution is -2.73. The van der Waals surface area contributed by atoms with Crippen LogP contribution in [0.1, 0.15) is 0 Å². The van der Waals surface area contributed by atoms with Crippen molar-refractivity contribution in [3.8, 4) is 0 Å². The summed E-state index contributed by atoms with van der Waals surface area (Å²) in [5.74, 6) is -81.8. The van der Waals surface area contributed by atoms with Crippen LogP contribution in [0.2, 0.25) is 0 Å². The number of ether oxygens (including phenoxy) is 1. The number of carboxylic acids is 1. The molecule has 240 valence electrons. The highest BCUT2D eigenvalue weighted by molar-refractivity contribution is 5.77. The zero-order valence-electron chi connectivity index (χ0n) is 16.9. The van der Waals surface area contributed by atoms with Gasteiger partial charge in [-0.05, 0) is 0 Å². The average Bonchev–Trinajstić information content (AvgIpc) is 2.71. The Hall–Kier alpha value is -2.25. The maximum absolute atomic E-state index is 13.4. The molecule has 0 saturated carbocycles. The maximum Gasteiger partial charge on any atom is 0.430 e. The number of hydrogen-bond acceptors (Lipinski definition) is 2. The van der Waals surface area contributed by atoms with Gasteiger partial charge in [-0.3, -0.25) is 0 Å². The Morgan fingerprint density at radius 1 is 0.450 bits per heavy atom. The van der Waals surface area contributed by atoms with Gasteiger partial charge in [-0.1, -0.05) is 0 Å². The third-order valence-corrected chi connectivity index (χ3v) is 4.31. The third kappa shape index (κ3) is 4.61. The van der Waals surface area contributed by atoms with Gasteiger partial charge in [-0.25, -0.2) is 18.3 Å². The highest BCUT2D eigenvalue weighted by Crippen LogP contribution is 2.63. The fourth-order valence-corrected chi connectivity index (χ4v) is 1.92. The summed E-state index contributed by atoms with van der Waals surface area (Å²) in [5, 5.41) is 7.66. The van der Waals surface area contributed by atoms with Crippen LogP contribution in [-0.2, 0) is 9.53 Å². The van der Waals surface area contributed by atoms with E-state index in [1.807, 2.05) is 0 Å². The first kappa shape index (κ1) is 37.8. The Balaban J connectivity index is 6.94. The molecule has 40 heavy (non-hydrogen) atoms. The van der Waals surface area contributed by atoms with Crippen molar-refractivity contribution in [2.45, 2.75) is 71.9 Å². The molecule has 0 saturated heterocycles. The van der Waals surface area contributed by atoms with Crippen molar-refractivity contribution in [2.75, 3.05) is 0 Å². The fourth-order valence-electron chi connectivity index (χ4n) is 1.92. The van der Waals surface area contributed by atoms with Crippen LogP contribution in [0.4, 0.5) is 105 Å².